The Morgan fingerprint density at radius 3 is 2.60 bits per heavy atom. The van der Waals surface area contributed by atoms with E-state index in [1.165, 1.54) is 19.4 Å². The molecule has 1 aromatic carbocycles. The predicted octanol–water partition coefficient (Wildman–Crippen LogP) is 3.39. The van der Waals surface area contributed by atoms with Gasteiger partial charge in [0.2, 0.25) is 5.76 Å². The van der Waals surface area contributed by atoms with Gasteiger partial charge in [-0.3, -0.25) is 0 Å². The Kier molecular flexibility index (Phi) is 4.65. The van der Waals surface area contributed by atoms with Crippen molar-refractivity contribution >= 4 is 11.9 Å². The van der Waals surface area contributed by atoms with E-state index in [0.717, 1.165) is 5.56 Å². The first-order valence-corrected chi connectivity index (χ1v) is 7.45. The first-order valence-electron chi connectivity index (χ1n) is 7.45. The monoisotopic (exact) mass is 341 g/mol. The molecule has 25 heavy (non-hydrogen) atoms. The summed E-state index contributed by atoms with van der Waals surface area (Å²) < 4.78 is 20.1. The minimum Gasteiger partial charge on any atom is -0.463 e. The number of hydrogen-bond donors (Lipinski definition) is 0. The van der Waals surface area contributed by atoms with E-state index in [0.29, 0.717) is 17.0 Å². The summed E-state index contributed by atoms with van der Waals surface area (Å²) in [4.78, 5) is 24.1. The van der Waals surface area contributed by atoms with Crippen molar-refractivity contribution in [2.75, 3.05) is 7.11 Å². The summed E-state index contributed by atoms with van der Waals surface area (Å²) in [6.07, 6.45) is 1.33. The highest BCUT2D eigenvalue weighted by Gasteiger charge is 2.24. The third-order valence-corrected chi connectivity index (χ3v) is 3.59. The van der Waals surface area contributed by atoms with Gasteiger partial charge in [0, 0.05) is 11.1 Å². The summed E-state index contributed by atoms with van der Waals surface area (Å²) in [5.74, 6) is -0.887. The molecular weight excluding hydrogens is 326 g/mol. The van der Waals surface area contributed by atoms with Crippen LogP contribution >= 0.6 is 0 Å². The van der Waals surface area contributed by atoms with E-state index < -0.39 is 11.9 Å². The Morgan fingerprint density at radius 1 is 1.12 bits per heavy atom. The lowest BCUT2D eigenvalue weighted by molar-refractivity contribution is 0.0452. The number of aromatic nitrogens is 1. The van der Waals surface area contributed by atoms with Crippen LogP contribution in [0, 0.1) is 6.92 Å². The van der Waals surface area contributed by atoms with Crippen molar-refractivity contribution in [3.8, 4) is 11.3 Å². The summed E-state index contributed by atoms with van der Waals surface area (Å²) in [6.45, 7) is 1.49. The highest BCUT2D eigenvalue weighted by Crippen LogP contribution is 2.26. The summed E-state index contributed by atoms with van der Waals surface area (Å²) in [6, 6.07) is 10.7. The number of methoxy groups -OCH3 is 1. The molecule has 0 saturated carbocycles. The molecule has 0 aliphatic rings. The van der Waals surface area contributed by atoms with Crippen LogP contribution in [0.25, 0.3) is 11.3 Å². The van der Waals surface area contributed by atoms with Crippen molar-refractivity contribution < 1.29 is 28.0 Å². The molecule has 0 radical (unpaired) electrons. The van der Waals surface area contributed by atoms with Crippen LogP contribution in [0.2, 0.25) is 0 Å². The summed E-state index contributed by atoms with van der Waals surface area (Å²) >= 11 is 0. The number of benzene rings is 1. The second-order valence-corrected chi connectivity index (χ2v) is 5.17. The molecule has 0 N–H and O–H groups in total. The van der Waals surface area contributed by atoms with Gasteiger partial charge in [0.15, 0.2) is 0 Å². The van der Waals surface area contributed by atoms with Gasteiger partial charge in [-0.2, -0.15) is 0 Å². The van der Waals surface area contributed by atoms with Crippen LogP contribution in [0.15, 0.2) is 51.6 Å². The third-order valence-electron chi connectivity index (χ3n) is 3.59. The van der Waals surface area contributed by atoms with Gasteiger partial charge >= 0.3 is 11.9 Å². The standard InChI is InChI=1S/C18H15NO6/c1-11-14(15(19-25-11)12-6-4-3-5-7-12)17(20)24-10-13-8-9-23-16(13)18(21)22-2/h3-9H,10H2,1-2H3. The number of rotatable bonds is 5. The molecule has 0 fully saturated rings. The number of furan rings is 1. The minimum atomic E-state index is -0.637. The lowest BCUT2D eigenvalue weighted by Gasteiger charge is -2.05. The van der Waals surface area contributed by atoms with Crippen LogP contribution in [-0.2, 0) is 16.1 Å². The van der Waals surface area contributed by atoms with Crippen molar-refractivity contribution in [3.63, 3.8) is 0 Å². The number of hydrogen-bond acceptors (Lipinski definition) is 7. The van der Waals surface area contributed by atoms with Gasteiger partial charge in [-0.05, 0) is 13.0 Å². The number of carbonyl (C=O) groups is 2. The van der Waals surface area contributed by atoms with E-state index in [1.54, 1.807) is 6.92 Å². The van der Waals surface area contributed by atoms with Crippen LogP contribution in [0.3, 0.4) is 0 Å². The van der Waals surface area contributed by atoms with Crippen LogP contribution in [-0.4, -0.2) is 24.2 Å². The second-order valence-electron chi connectivity index (χ2n) is 5.17. The zero-order valence-corrected chi connectivity index (χ0v) is 13.6. The predicted molar refractivity (Wildman–Crippen MR) is 85.8 cm³/mol. The molecule has 0 aliphatic carbocycles. The fourth-order valence-corrected chi connectivity index (χ4v) is 2.34. The van der Waals surface area contributed by atoms with E-state index in [1.807, 2.05) is 30.3 Å². The molecule has 2 heterocycles. The Morgan fingerprint density at radius 2 is 1.88 bits per heavy atom. The molecule has 2 aromatic heterocycles. The molecule has 0 aliphatic heterocycles. The van der Waals surface area contributed by atoms with Crippen LogP contribution in [0.4, 0.5) is 0 Å². The maximum absolute atomic E-state index is 12.5. The molecule has 0 amide bonds. The first kappa shape index (κ1) is 16.5. The third kappa shape index (κ3) is 3.30. The Bertz CT molecular complexity index is 893. The Labute approximate surface area is 143 Å². The number of ether oxygens (including phenoxy) is 2. The maximum atomic E-state index is 12.5. The lowest BCUT2D eigenvalue weighted by atomic mass is 10.1. The molecule has 7 heteroatoms. The van der Waals surface area contributed by atoms with Crippen molar-refractivity contribution in [1.29, 1.82) is 0 Å². The topological polar surface area (TPSA) is 91.8 Å². The van der Waals surface area contributed by atoms with Crippen molar-refractivity contribution in [2.24, 2.45) is 0 Å². The summed E-state index contributed by atoms with van der Waals surface area (Å²) in [5.41, 5.74) is 1.80. The highest BCUT2D eigenvalue weighted by atomic mass is 16.5. The maximum Gasteiger partial charge on any atom is 0.374 e. The largest absolute Gasteiger partial charge is 0.463 e. The van der Waals surface area contributed by atoms with Crippen molar-refractivity contribution in [2.45, 2.75) is 13.5 Å². The Hall–Kier alpha value is -3.35. The molecular formula is C18H15NO6. The zero-order valence-electron chi connectivity index (χ0n) is 13.6. The quantitative estimate of drug-likeness (QED) is 0.657. The van der Waals surface area contributed by atoms with E-state index in [4.69, 9.17) is 13.7 Å². The number of nitrogens with zero attached hydrogens (tertiary/aromatic N) is 1. The Balaban J connectivity index is 1.80. The average molecular weight is 341 g/mol. The zero-order chi connectivity index (χ0) is 17.8. The number of aryl methyl sites for hydroxylation is 1. The fraction of sp³-hybridized carbons (Fsp3) is 0.167. The van der Waals surface area contributed by atoms with Gasteiger partial charge < -0.3 is 18.4 Å². The molecule has 0 atom stereocenters. The normalized spacial score (nSPS) is 10.5. The van der Waals surface area contributed by atoms with Gasteiger partial charge in [-0.15, -0.1) is 0 Å². The van der Waals surface area contributed by atoms with E-state index >= 15 is 0 Å². The number of carbonyl (C=O) groups excluding carboxylic acids is 2. The molecule has 3 rings (SSSR count). The van der Waals surface area contributed by atoms with Gasteiger partial charge in [-0.1, -0.05) is 35.5 Å². The van der Waals surface area contributed by atoms with E-state index in [-0.39, 0.29) is 17.9 Å². The summed E-state index contributed by atoms with van der Waals surface area (Å²) in [5, 5.41) is 3.94. The van der Waals surface area contributed by atoms with Crippen molar-refractivity contribution in [3.05, 3.63) is 65.3 Å². The fourth-order valence-electron chi connectivity index (χ4n) is 2.34. The minimum absolute atomic E-state index is 0.000577. The highest BCUT2D eigenvalue weighted by molar-refractivity contribution is 5.97. The van der Waals surface area contributed by atoms with Gasteiger partial charge in [0.05, 0.1) is 13.4 Å². The van der Waals surface area contributed by atoms with Crippen LogP contribution < -0.4 is 0 Å². The summed E-state index contributed by atoms with van der Waals surface area (Å²) in [7, 11) is 1.24. The second kappa shape index (κ2) is 7.04. The molecule has 128 valence electrons. The van der Waals surface area contributed by atoms with Gasteiger partial charge in [0.25, 0.3) is 0 Å². The molecule has 7 nitrogen and oxygen atoms in total. The average Bonchev–Trinajstić information content (AvgIpc) is 3.26. The SMILES string of the molecule is COC(=O)c1occc1COC(=O)c1c(-c2ccccc2)noc1C. The van der Waals surface area contributed by atoms with Crippen LogP contribution in [0.1, 0.15) is 32.2 Å². The molecule has 3 aromatic rings. The lowest BCUT2D eigenvalue weighted by Crippen LogP contribution is -2.09. The smallest absolute Gasteiger partial charge is 0.374 e. The van der Waals surface area contributed by atoms with Gasteiger partial charge in [0.1, 0.15) is 23.6 Å². The molecule has 0 unspecified atom stereocenters. The molecule has 0 saturated heterocycles. The number of esters is 2. The first-order chi connectivity index (χ1) is 12.1. The van der Waals surface area contributed by atoms with E-state index in [2.05, 4.69) is 9.89 Å². The molecule has 0 bridgehead atoms. The van der Waals surface area contributed by atoms with E-state index in [9.17, 15) is 9.59 Å². The molecule has 0 spiro atoms. The van der Waals surface area contributed by atoms with Crippen LogP contribution in [0.5, 0.6) is 0 Å². The van der Waals surface area contributed by atoms with Crippen molar-refractivity contribution in [1.82, 2.24) is 5.16 Å². The van der Waals surface area contributed by atoms with Gasteiger partial charge in [-0.25, -0.2) is 9.59 Å².